The van der Waals surface area contributed by atoms with Crippen LogP contribution in [-0.2, 0) is 11.3 Å². The molecule has 5 heteroatoms. The van der Waals surface area contributed by atoms with Crippen LogP contribution in [0.5, 0.6) is 5.75 Å². The standard InChI is InChI=1S/C16H23BrN2O2/c1-18-10-12-7-8-15(14(17)9-12)21-11-16(20)19-13-5-3-2-4-6-13/h7-9,13,18H,2-6,10-11H2,1H3,(H,19,20). The molecule has 0 heterocycles. The number of benzene rings is 1. The van der Waals surface area contributed by atoms with Gasteiger partial charge < -0.3 is 15.4 Å². The van der Waals surface area contributed by atoms with Gasteiger partial charge in [-0.2, -0.15) is 0 Å². The molecule has 1 amide bonds. The van der Waals surface area contributed by atoms with E-state index in [0.29, 0.717) is 11.8 Å². The first-order valence-corrected chi connectivity index (χ1v) is 8.33. The third kappa shape index (κ3) is 5.32. The summed E-state index contributed by atoms with van der Waals surface area (Å²) in [5, 5.41) is 6.15. The molecule has 1 fully saturated rings. The Morgan fingerprint density at radius 3 is 2.76 bits per heavy atom. The summed E-state index contributed by atoms with van der Waals surface area (Å²) in [5.74, 6) is 0.668. The number of ether oxygens (including phenoxy) is 1. The average Bonchev–Trinajstić information content (AvgIpc) is 2.48. The van der Waals surface area contributed by atoms with Crippen LogP contribution in [-0.4, -0.2) is 25.6 Å². The topological polar surface area (TPSA) is 50.4 Å². The number of carbonyl (C=O) groups is 1. The lowest BCUT2D eigenvalue weighted by Crippen LogP contribution is -2.39. The lowest BCUT2D eigenvalue weighted by atomic mass is 9.95. The molecule has 1 saturated carbocycles. The van der Waals surface area contributed by atoms with Crippen molar-refractivity contribution in [3.8, 4) is 5.75 Å². The van der Waals surface area contributed by atoms with Gasteiger partial charge in [0.25, 0.3) is 5.91 Å². The maximum atomic E-state index is 11.9. The molecule has 1 aliphatic rings. The van der Waals surface area contributed by atoms with Crippen LogP contribution in [0.1, 0.15) is 37.7 Å². The van der Waals surface area contributed by atoms with Gasteiger partial charge in [0.15, 0.2) is 6.61 Å². The van der Waals surface area contributed by atoms with Crippen molar-refractivity contribution in [1.82, 2.24) is 10.6 Å². The summed E-state index contributed by atoms with van der Waals surface area (Å²) in [7, 11) is 1.91. The fourth-order valence-electron chi connectivity index (χ4n) is 2.64. The molecule has 0 radical (unpaired) electrons. The van der Waals surface area contributed by atoms with Crippen molar-refractivity contribution in [2.24, 2.45) is 0 Å². The first kappa shape index (κ1) is 16.3. The van der Waals surface area contributed by atoms with Crippen LogP contribution in [0.3, 0.4) is 0 Å². The highest BCUT2D eigenvalue weighted by molar-refractivity contribution is 9.10. The van der Waals surface area contributed by atoms with E-state index in [1.165, 1.54) is 24.8 Å². The molecule has 4 nitrogen and oxygen atoms in total. The Morgan fingerprint density at radius 1 is 1.33 bits per heavy atom. The minimum atomic E-state index is -0.0342. The molecule has 2 rings (SSSR count). The highest BCUT2D eigenvalue weighted by Crippen LogP contribution is 2.26. The SMILES string of the molecule is CNCc1ccc(OCC(=O)NC2CCCCC2)c(Br)c1. The molecule has 21 heavy (non-hydrogen) atoms. The van der Waals surface area contributed by atoms with E-state index in [1.807, 2.05) is 25.2 Å². The van der Waals surface area contributed by atoms with Crippen LogP contribution in [0.2, 0.25) is 0 Å². The van der Waals surface area contributed by atoms with Crippen LogP contribution in [0.25, 0.3) is 0 Å². The summed E-state index contributed by atoms with van der Waals surface area (Å²) in [6.07, 6.45) is 5.89. The molecular weight excluding hydrogens is 332 g/mol. The van der Waals surface area contributed by atoms with Gasteiger partial charge in [-0.25, -0.2) is 0 Å². The zero-order chi connectivity index (χ0) is 15.1. The molecule has 0 saturated heterocycles. The molecule has 2 N–H and O–H groups in total. The van der Waals surface area contributed by atoms with Crippen molar-refractivity contribution in [1.29, 1.82) is 0 Å². The van der Waals surface area contributed by atoms with Gasteiger partial charge in [-0.05, 0) is 53.5 Å². The number of amides is 1. The zero-order valence-corrected chi connectivity index (χ0v) is 14.0. The fourth-order valence-corrected chi connectivity index (χ4v) is 3.18. The Bertz CT molecular complexity index is 473. The number of carbonyl (C=O) groups excluding carboxylic acids is 1. The van der Waals surface area contributed by atoms with E-state index >= 15 is 0 Å². The van der Waals surface area contributed by atoms with Gasteiger partial charge in [0.05, 0.1) is 4.47 Å². The Hall–Kier alpha value is -1.07. The average molecular weight is 355 g/mol. The van der Waals surface area contributed by atoms with Crippen molar-refractivity contribution in [3.63, 3.8) is 0 Å². The number of nitrogens with one attached hydrogen (secondary N) is 2. The first-order chi connectivity index (χ1) is 10.2. The number of hydrogen-bond acceptors (Lipinski definition) is 3. The van der Waals surface area contributed by atoms with E-state index in [4.69, 9.17) is 4.74 Å². The van der Waals surface area contributed by atoms with Gasteiger partial charge in [-0.3, -0.25) is 4.79 Å². The van der Waals surface area contributed by atoms with E-state index in [2.05, 4.69) is 26.6 Å². The zero-order valence-electron chi connectivity index (χ0n) is 12.5. The Morgan fingerprint density at radius 2 is 2.10 bits per heavy atom. The maximum absolute atomic E-state index is 11.9. The second-order valence-corrected chi connectivity index (χ2v) is 6.34. The first-order valence-electron chi connectivity index (χ1n) is 7.54. The second-order valence-electron chi connectivity index (χ2n) is 5.49. The van der Waals surface area contributed by atoms with E-state index < -0.39 is 0 Å². The lowest BCUT2D eigenvalue weighted by molar-refractivity contribution is -0.124. The minimum Gasteiger partial charge on any atom is -0.483 e. The third-order valence-corrected chi connectivity index (χ3v) is 4.33. The summed E-state index contributed by atoms with van der Waals surface area (Å²) < 4.78 is 6.47. The summed E-state index contributed by atoms with van der Waals surface area (Å²) in [4.78, 5) is 11.9. The monoisotopic (exact) mass is 354 g/mol. The normalized spacial score (nSPS) is 15.7. The number of rotatable bonds is 6. The molecule has 0 spiro atoms. The van der Waals surface area contributed by atoms with E-state index in [9.17, 15) is 4.79 Å². The van der Waals surface area contributed by atoms with E-state index in [-0.39, 0.29) is 12.5 Å². The Balaban J connectivity index is 1.80. The van der Waals surface area contributed by atoms with Crippen molar-refractivity contribution < 1.29 is 9.53 Å². The van der Waals surface area contributed by atoms with Crippen molar-refractivity contribution >= 4 is 21.8 Å². The minimum absolute atomic E-state index is 0.0342. The molecule has 1 aromatic rings. The number of halogens is 1. The molecule has 0 unspecified atom stereocenters. The van der Waals surface area contributed by atoms with Gasteiger partial charge in [-0.1, -0.05) is 25.3 Å². The highest BCUT2D eigenvalue weighted by atomic mass is 79.9. The van der Waals surface area contributed by atoms with Crippen LogP contribution in [0, 0.1) is 0 Å². The van der Waals surface area contributed by atoms with Crippen molar-refractivity contribution in [3.05, 3.63) is 28.2 Å². The summed E-state index contributed by atoms with van der Waals surface area (Å²) in [6.45, 7) is 0.877. The van der Waals surface area contributed by atoms with Crippen LogP contribution >= 0.6 is 15.9 Å². The lowest BCUT2D eigenvalue weighted by Gasteiger charge is -2.22. The van der Waals surface area contributed by atoms with Gasteiger partial charge in [0.2, 0.25) is 0 Å². The highest BCUT2D eigenvalue weighted by Gasteiger charge is 2.16. The number of hydrogen-bond donors (Lipinski definition) is 2. The Kier molecular flexibility index (Phi) is 6.51. The molecule has 116 valence electrons. The fraction of sp³-hybridized carbons (Fsp3) is 0.562. The predicted molar refractivity (Wildman–Crippen MR) is 87.4 cm³/mol. The maximum Gasteiger partial charge on any atom is 0.258 e. The summed E-state index contributed by atoms with van der Waals surface area (Å²) in [5.41, 5.74) is 1.17. The van der Waals surface area contributed by atoms with Gasteiger partial charge in [0.1, 0.15) is 5.75 Å². The molecule has 0 aromatic heterocycles. The quantitative estimate of drug-likeness (QED) is 0.825. The van der Waals surface area contributed by atoms with Gasteiger partial charge >= 0.3 is 0 Å². The molecule has 0 bridgehead atoms. The molecule has 1 aliphatic carbocycles. The van der Waals surface area contributed by atoms with Gasteiger partial charge in [-0.15, -0.1) is 0 Å². The molecule has 1 aromatic carbocycles. The summed E-state index contributed by atoms with van der Waals surface area (Å²) in [6, 6.07) is 6.22. The predicted octanol–water partition coefficient (Wildman–Crippen LogP) is 3.00. The van der Waals surface area contributed by atoms with Crippen LogP contribution in [0.15, 0.2) is 22.7 Å². The van der Waals surface area contributed by atoms with Crippen LogP contribution < -0.4 is 15.4 Å². The van der Waals surface area contributed by atoms with E-state index in [1.54, 1.807) is 0 Å². The largest absolute Gasteiger partial charge is 0.483 e. The molecular formula is C16H23BrN2O2. The summed E-state index contributed by atoms with van der Waals surface area (Å²) >= 11 is 3.48. The molecule has 0 atom stereocenters. The third-order valence-electron chi connectivity index (χ3n) is 3.71. The van der Waals surface area contributed by atoms with E-state index in [0.717, 1.165) is 23.9 Å². The smallest absolute Gasteiger partial charge is 0.258 e. The van der Waals surface area contributed by atoms with Gasteiger partial charge in [0, 0.05) is 12.6 Å². The Labute approximate surface area is 134 Å². The van der Waals surface area contributed by atoms with Crippen molar-refractivity contribution in [2.75, 3.05) is 13.7 Å². The molecule has 0 aliphatic heterocycles. The van der Waals surface area contributed by atoms with Crippen LogP contribution in [0.4, 0.5) is 0 Å². The van der Waals surface area contributed by atoms with Crippen molar-refractivity contribution in [2.45, 2.75) is 44.7 Å². The second kappa shape index (κ2) is 8.39.